The predicted octanol–water partition coefficient (Wildman–Crippen LogP) is -0.654. The van der Waals surface area contributed by atoms with E-state index in [2.05, 4.69) is 0 Å². The van der Waals surface area contributed by atoms with Gasteiger partial charge in [-0.25, -0.2) is 0 Å². The smallest absolute Gasteiger partial charge is 0.508 e. The first-order valence-electron chi connectivity index (χ1n) is 5.62. The van der Waals surface area contributed by atoms with Crippen LogP contribution >= 0.6 is 7.60 Å². The molecule has 102 valence electrons. The van der Waals surface area contributed by atoms with Gasteiger partial charge >= 0.3 is 29.6 Å². The SMILES string of the molecule is CCOC(=O)[C-](OCC)P(=O)(OCC)OCC.[Na+]. The molecule has 0 saturated heterocycles. The van der Waals surface area contributed by atoms with Gasteiger partial charge in [0.05, 0.1) is 19.8 Å². The Bertz CT molecular complexity index is 263. The summed E-state index contributed by atoms with van der Waals surface area (Å²) in [6, 6.07) is 0. The van der Waals surface area contributed by atoms with E-state index in [9.17, 15) is 9.36 Å². The predicted molar refractivity (Wildman–Crippen MR) is 62.4 cm³/mol. The maximum Gasteiger partial charge on any atom is 1.00 e. The van der Waals surface area contributed by atoms with Crippen LogP contribution in [0.3, 0.4) is 0 Å². The van der Waals surface area contributed by atoms with Crippen molar-refractivity contribution in [2.45, 2.75) is 27.7 Å². The summed E-state index contributed by atoms with van der Waals surface area (Å²) in [5.41, 5.74) is 0. The second-order valence-corrected chi connectivity index (χ2v) is 4.71. The van der Waals surface area contributed by atoms with Crippen molar-refractivity contribution in [3.05, 3.63) is 5.85 Å². The minimum atomic E-state index is -3.71. The zero-order valence-corrected chi connectivity index (χ0v) is 14.6. The van der Waals surface area contributed by atoms with Gasteiger partial charge < -0.3 is 18.5 Å². The van der Waals surface area contributed by atoms with Crippen LogP contribution in [0.25, 0.3) is 0 Å². The Labute approximate surface area is 131 Å². The molecule has 8 heteroatoms. The third-order valence-corrected chi connectivity index (χ3v) is 3.58. The molecule has 0 unspecified atom stereocenters. The Morgan fingerprint density at radius 3 is 1.83 bits per heavy atom. The summed E-state index contributed by atoms with van der Waals surface area (Å²) in [5.74, 6) is -1.19. The maximum absolute atomic E-state index is 12.3. The van der Waals surface area contributed by atoms with E-state index in [1.54, 1.807) is 27.7 Å². The number of carbonyl (C=O) groups is 1. The molecule has 0 saturated carbocycles. The van der Waals surface area contributed by atoms with Crippen molar-refractivity contribution in [1.82, 2.24) is 0 Å². The molecule has 0 aliphatic heterocycles. The molecule has 0 amide bonds. The average molecular weight is 290 g/mol. The van der Waals surface area contributed by atoms with Crippen LogP contribution in [0.2, 0.25) is 0 Å². The molecular weight excluding hydrogens is 270 g/mol. The molecular formula is C10H20NaO6P. The van der Waals surface area contributed by atoms with E-state index in [0.717, 1.165) is 0 Å². The van der Waals surface area contributed by atoms with Gasteiger partial charge in [-0.3, -0.25) is 9.36 Å². The van der Waals surface area contributed by atoms with Crippen molar-refractivity contribution in [2.24, 2.45) is 0 Å². The molecule has 6 nitrogen and oxygen atoms in total. The molecule has 0 rings (SSSR count). The molecule has 0 fully saturated rings. The summed E-state index contributed by atoms with van der Waals surface area (Å²) in [4.78, 5) is 11.6. The Morgan fingerprint density at radius 1 is 1.00 bits per heavy atom. The summed E-state index contributed by atoms with van der Waals surface area (Å²) in [6.07, 6.45) is 0. The van der Waals surface area contributed by atoms with E-state index in [0.29, 0.717) is 0 Å². The largest absolute Gasteiger partial charge is 1.00 e. The van der Waals surface area contributed by atoms with Crippen LogP contribution in [0.15, 0.2) is 0 Å². The van der Waals surface area contributed by atoms with Crippen LogP contribution in [0.1, 0.15) is 27.7 Å². The molecule has 0 aliphatic carbocycles. The zero-order chi connectivity index (χ0) is 13.3. The van der Waals surface area contributed by atoms with Crippen LogP contribution in [0.5, 0.6) is 0 Å². The number of esters is 1. The fourth-order valence-electron chi connectivity index (χ4n) is 1.07. The number of carbonyl (C=O) groups excluding carboxylic acids is 1. The minimum Gasteiger partial charge on any atom is -0.508 e. The van der Waals surface area contributed by atoms with Crippen molar-refractivity contribution >= 4 is 13.6 Å². The topological polar surface area (TPSA) is 71.1 Å². The summed E-state index contributed by atoms with van der Waals surface area (Å²) in [5, 5.41) is 0. The normalized spacial score (nSPS) is 10.7. The second-order valence-electron chi connectivity index (χ2n) is 2.79. The van der Waals surface area contributed by atoms with E-state index < -0.39 is 13.6 Å². The monoisotopic (exact) mass is 290 g/mol. The zero-order valence-electron chi connectivity index (χ0n) is 11.7. The Hall–Kier alpha value is 0.450. The Kier molecular flexibility index (Phi) is 13.0. The molecule has 0 aromatic heterocycles. The first-order valence-corrected chi connectivity index (χ1v) is 7.16. The van der Waals surface area contributed by atoms with Crippen LogP contribution in [0, 0.1) is 5.85 Å². The van der Waals surface area contributed by atoms with Gasteiger partial charge in [-0.15, -0.1) is 0 Å². The third-order valence-electron chi connectivity index (χ3n) is 1.58. The second kappa shape index (κ2) is 11.3. The van der Waals surface area contributed by atoms with E-state index in [1.807, 2.05) is 0 Å². The van der Waals surface area contributed by atoms with E-state index in [-0.39, 0.29) is 61.8 Å². The number of hydrogen-bond acceptors (Lipinski definition) is 6. The maximum atomic E-state index is 12.3. The number of ether oxygens (including phenoxy) is 2. The van der Waals surface area contributed by atoms with Gasteiger partial charge in [0.2, 0.25) is 13.6 Å². The first-order chi connectivity index (χ1) is 8.05. The average Bonchev–Trinajstić information content (AvgIpc) is 2.26. The molecule has 0 aromatic carbocycles. The summed E-state index contributed by atoms with van der Waals surface area (Å²) in [6.45, 7) is 7.25. The van der Waals surface area contributed by atoms with E-state index in [4.69, 9.17) is 18.5 Å². The standard InChI is InChI=1S/C10H20O6P.Na/c1-5-13-9(11)10(14-6-2)17(12,15-7-3)16-8-4;/h5-8H2,1-4H3;/q-1;+1. The molecule has 0 bridgehead atoms. The van der Waals surface area contributed by atoms with Gasteiger partial charge in [-0.05, 0) is 33.5 Å². The van der Waals surface area contributed by atoms with Crippen molar-refractivity contribution in [3.8, 4) is 0 Å². The Balaban J connectivity index is 0. The van der Waals surface area contributed by atoms with Gasteiger partial charge in [0, 0.05) is 6.61 Å². The number of hydrogen-bond donors (Lipinski definition) is 0. The van der Waals surface area contributed by atoms with Crippen LogP contribution in [-0.4, -0.2) is 32.4 Å². The number of rotatable bonds is 9. The molecule has 18 heavy (non-hydrogen) atoms. The minimum absolute atomic E-state index is 0. The quantitative estimate of drug-likeness (QED) is 0.243. The molecule has 0 N–H and O–H groups in total. The van der Waals surface area contributed by atoms with Gasteiger partial charge in [-0.1, -0.05) is 0 Å². The van der Waals surface area contributed by atoms with Crippen LogP contribution < -0.4 is 29.6 Å². The molecule has 0 radical (unpaired) electrons. The van der Waals surface area contributed by atoms with Gasteiger partial charge in [0.25, 0.3) is 0 Å². The van der Waals surface area contributed by atoms with Gasteiger partial charge in [-0.2, -0.15) is 0 Å². The summed E-state index contributed by atoms with van der Waals surface area (Å²) >= 11 is 0. The summed E-state index contributed by atoms with van der Waals surface area (Å²) < 4.78 is 32.2. The fourth-order valence-corrected chi connectivity index (χ4v) is 2.64. The molecule has 0 aromatic rings. The molecule has 0 heterocycles. The van der Waals surface area contributed by atoms with Gasteiger partial charge in [0.1, 0.15) is 0 Å². The van der Waals surface area contributed by atoms with E-state index in [1.165, 1.54) is 0 Å². The van der Waals surface area contributed by atoms with Crippen LogP contribution in [0.4, 0.5) is 0 Å². The Morgan fingerprint density at radius 2 is 1.50 bits per heavy atom. The summed E-state index contributed by atoms with van der Waals surface area (Å²) in [7, 11) is -3.71. The molecule has 0 atom stereocenters. The van der Waals surface area contributed by atoms with Crippen molar-refractivity contribution in [1.29, 1.82) is 0 Å². The van der Waals surface area contributed by atoms with Crippen molar-refractivity contribution < 1.29 is 57.4 Å². The van der Waals surface area contributed by atoms with Crippen molar-refractivity contribution in [2.75, 3.05) is 26.4 Å². The first kappa shape index (κ1) is 20.8. The fraction of sp³-hybridized carbons (Fsp3) is 0.800. The van der Waals surface area contributed by atoms with Crippen LogP contribution in [-0.2, 0) is 27.9 Å². The third kappa shape index (κ3) is 6.57. The molecule has 0 aliphatic rings. The van der Waals surface area contributed by atoms with Crippen molar-refractivity contribution in [3.63, 3.8) is 0 Å². The molecule has 0 spiro atoms. The van der Waals surface area contributed by atoms with Gasteiger partial charge in [0.15, 0.2) is 0 Å². The van der Waals surface area contributed by atoms with E-state index >= 15 is 0 Å².